The molecule has 0 unspecified atom stereocenters. The first-order valence-electron chi connectivity index (χ1n) is 6.14. The summed E-state index contributed by atoms with van der Waals surface area (Å²) >= 11 is 0. The van der Waals surface area contributed by atoms with E-state index in [2.05, 4.69) is 16.0 Å². The molecule has 3 aromatic rings. The SMILES string of the molecule is COc1ccccc1-c1nc2ccccc2nc1C#N. The molecule has 0 spiro atoms. The molecule has 96 valence electrons. The largest absolute Gasteiger partial charge is 0.496 e. The van der Waals surface area contributed by atoms with Crippen molar-refractivity contribution in [1.82, 2.24) is 9.97 Å². The second-order valence-electron chi connectivity index (χ2n) is 4.22. The fourth-order valence-corrected chi connectivity index (χ4v) is 2.11. The molecule has 0 aliphatic heterocycles. The number of nitriles is 1. The smallest absolute Gasteiger partial charge is 0.167 e. The van der Waals surface area contributed by atoms with E-state index in [-0.39, 0.29) is 0 Å². The van der Waals surface area contributed by atoms with Gasteiger partial charge in [0.05, 0.1) is 18.1 Å². The van der Waals surface area contributed by atoms with Gasteiger partial charge in [0.15, 0.2) is 5.69 Å². The second-order valence-corrected chi connectivity index (χ2v) is 4.22. The highest BCUT2D eigenvalue weighted by Gasteiger charge is 2.14. The summed E-state index contributed by atoms with van der Waals surface area (Å²) in [7, 11) is 1.60. The number of methoxy groups -OCH3 is 1. The van der Waals surface area contributed by atoms with Gasteiger partial charge in [0, 0.05) is 5.56 Å². The van der Waals surface area contributed by atoms with E-state index in [4.69, 9.17) is 4.74 Å². The molecule has 1 aromatic heterocycles. The van der Waals surface area contributed by atoms with Crippen LogP contribution in [0.2, 0.25) is 0 Å². The summed E-state index contributed by atoms with van der Waals surface area (Å²) in [6.45, 7) is 0. The quantitative estimate of drug-likeness (QED) is 0.711. The lowest BCUT2D eigenvalue weighted by molar-refractivity contribution is 0.416. The maximum Gasteiger partial charge on any atom is 0.167 e. The maximum atomic E-state index is 9.31. The van der Waals surface area contributed by atoms with Crippen molar-refractivity contribution < 1.29 is 4.74 Å². The van der Waals surface area contributed by atoms with Crippen LogP contribution < -0.4 is 4.74 Å². The molecule has 3 rings (SSSR count). The van der Waals surface area contributed by atoms with Crippen molar-refractivity contribution in [2.45, 2.75) is 0 Å². The Balaban J connectivity index is 2.32. The van der Waals surface area contributed by atoms with Gasteiger partial charge in [0.2, 0.25) is 0 Å². The topological polar surface area (TPSA) is 58.8 Å². The van der Waals surface area contributed by atoms with E-state index in [9.17, 15) is 5.26 Å². The van der Waals surface area contributed by atoms with Crippen molar-refractivity contribution in [3.8, 4) is 23.1 Å². The van der Waals surface area contributed by atoms with Crippen LogP contribution >= 0.6 is 0 Å². The molecule has 0 saturated carbocycles. The van der Waals surface area contributed by atoms with Crippen molar-refractivity contribution >= 4 is 11.0 Å². The van der Waals surface area contributed by atoms with Crippen LogP contribution in [0.1, 0.15) is 5.69 Å². The number of rotatable bonds is 2. The van der Waals surface area contributed by atoms with Crippen molar-refractivity contribution in [2.24, 2.45) is 0 Å². The number of aromatic nitrogens is 2. The number of fused-ring (bicyclic) bond motifs is 1. The first-order valence-corrected chi connectivity index (χ1v) is 6.14. The van der Waals surface area contributed by atoms with Gasteiger partial charge in [-0.2, -0.15) is 5.26 Å². The zero-order chi connectivity index (χ0) is 13.9. The standard InChI is InChI=1S/C16H11N3O/c1-20-15-9-5-2-6-11(15)16-14(10-17)18-12-7-3-4-8-13(12)19-16/h2-9H,1H3. The monoisotopic (exact) mass is 261 g/mol. The minimum Gasteiger partial charge on any atom is -0.496 e. The predicted molar refractivity (Wildman–Crippen MR) is 76.2 cm³/mol. The number of para-hydroxylation sites is 3. The Morgan fingerprint density at radius 1 is 0.950 bits per heavy atom. The summed E-state index contributed by atoms with van der Waals surface area (Å²) in [4.78, 5) is 8.93. The van der Waals surface area contributed by atoms with Gasteiger partial charge in [0.1, 0.15) is 17.5 Å². The maximum absolute atomic E-state index is 9.31. The first-order chi connectivity index (χ1) is 9.83. The molecular formula is C16H11N3O. The average molecular weight is 261 g/mol. The number of hydrogen-bond acceptors (Lipinski definition) is 4. The molecule has 0 aliphatic rings. The normalized spacial score (nSPS) is 10.2. The Hall–Kier alpha value is -2.93. The molecule has 4 nitrogen and oxygen atoms in total. The highest BCUT2D eigenvalue weighted by atomic mass is 16.5. The van der Waals surface area contributed by atoms with Gasteiger partial charge in [-0.25, -0.2) is 9.97 Å². The molecule has 1 heterocycles. The molecule has 0 fully saturated rings. The highest BCUT2D eigenvalue weighted by Crippen LogP contribution is 2.30. The van der Waals surface area contributed by atoms with Crippen LogP contribution in [0.5, 0.6) is 5.75 Å². The molecule has 4 heteroatoms. The molecule has 20 heavy (non-hydrogen) atoms. The van der Waals surface area contributed by atoms with E-state index in [0.717, 1.165) is 11.1 Å². The molecule has 0 radical (unpaired) electrons. The van der Waals surface area contributed by atoms with Gasteiger partial charge in [-0.3, -0.25) is 0 Å². The number of hydrogen-bond donors (Lipinski definition) is 0. The molecule has 0 saturated heterocycles. The lowest BCUT2D eigenvalue weighted by Gasteiger charge is -2.09. The fourth-order valence-electron chi connectivity index (χ4n) is 2.11. The molecule has 0 amide bonds. The zero-order valence-corrected chi connectivity index (χ0v) is 10.9. The van der Waals surface area contributed by atoms with Crippen LogP contribution in [0.3, 0.4) is 0 Å². The Kier molecular flexibility index (Phi) is 3.02. The average Bonchev–Trinajstić information content (AvgIpc) is 2.53. The summed E-state index contributed by atoms with van der Waals surface area (Å²) in [6, 6.07) is 17.1. The van der Waals surface area contributed by atoms with Crippen molar-refractivity contribution in [2.75, 3.05) is 7.11 Å². The van der Waals surface area contributed by atoms with Crippen LogP contribution in [0, 0.1) is 11.3 Å². The van der Waals surface area contributed by atoms with Gasteiger partial charge in [-0.1, -0.05) is 24.3 Å². The fraction of sp³-hybridized carbons (Fsp3) is 0.0625. The van der Waals surface area contributed by atoms with E-state index in [1.165, 1.54) is 0 Å². The summed E-state index contributed by atoms with van der Waals surface area (Å²) in [5.41, 5.74) is 3.08. The number of ether oxygens (including phenoxy) is 1. The summed E-state index contributed by atoms with van der Waals surface area (Å²) in [6.07, 6.45) is 0. The van der Waals surface area contributed by atoms with Gasteiger partial charge >= 0.3 is 0 Å². The molecule has 0 aliphatic carbocycles. The van der Waals surface area contributed by atoms with Crippen LogP contribution in [-0.4, -0.2) is 17.1 Å². The number of benzene rings is 2. The highest BCUT2D eigenvalue weighted by molar-refractivity contribution is 5.81. The minimum atomic E-state index is 0.299. The van der Waals surface area contributed by atoms with Crippen molar-refractivity contribution in [3.05, 3.63) is 54.2 Å². The molecule has 0 atom stereocenters. The van der Waals surface area contributed by atoms with Crippen LogP contribution in [0.4, 0.5) is 0 Å². The Bertz CT molecular complexity index is 821. The lowest BCUT2D eigenvalue weighted by Crippen LogP contribution is -1.97. The van der Waals surface area contributed by atoms with E-state index in [0.29, 0.717) is 22.7 Å². The Labute approximate surface area is 116 Å². The summed E-state index contributed by atoms with van der Waals surface area (Å²) < 4.78 is 5.33. The van der Waals surface area contributed by atoms with Crippen LogP contribution in [0.25, 0.3) is 22.3 Å². The molecule has 0 N–H and O–H groups in total. The van der Waals surface area contributed by atoms with Gasteiger partial charge in [-0.05, 0) is 24.3 Å². The van der Waals surface area contributed by atoms with E-state index >= 15 is 0 Å². The third-order valence-electron chi connectivity index (χ3n) is 3.04. The number of nitrogens with zero attached hydrogens (tertiary/aromatic N) is 3. The van der Waals surface area contributed by atoms with Crippen LogP contribution in [0.15, 0.2) is 48.5 Å². The third-order valence-corrected chi connectivity index (χ3v) is 3.04. The predicted octanol–water partition coefficient (Wildman–Crippen LogP) is 3.18. The Morgan fingerprint density at radius 3 is 2.30 bits per heavy atom. The van der Waals surface area contributed by atoms with E-state index in [1.807, 2.05) is 48.5 Å². The molecule has 0 bridgehead atoms. The molecule has 2 aromatic carbocycles. The summed E-state index contributed by atoms with van der Waals surface area (Å²) in [5, 5.41) is 9.31. The van der Waals surface area contributed by atoms with Gasteiger partial charge < -0.3 is 4.74 Å². The minimum absolute atomic E-state index is 0.299. The van der Waals surface area contributed by atoms with Gasteiger partial charge in [0.25, 0.3) is 0 Å². The molecular weight excluding hydrogens is 250 g/mol. The van der Waals surface area contributed by atoms with Crippen molar-refractivity contribution in [3.63, 3.8) is 0 Å². The van der Waals surface area contributed by atoms with E-state index in [1.54, 1.807) is 7.11 Å². The zero-order valence-electron chi connectivity index (χ0n) is 10.9. The first kappa shape index (κ1) is 12.1. The van der Waals surface area contributed by atoms with Crippen molar-refractivity contribution in [1.29, 1.82) is 5.26 Å². The third kappa shape index (κ3) is 1.95. The summed E-state index contributed by atoms with van der Waals surface area (Å²) in [5.74, 6) is 0.675. The van der Waals surface area contributed by atoms with Gasteiger partial charge in [-0.15, -0.1) is 0 Å². The van der Waals surface area contributed by atoms with Crippen LogP contribution in [-0.2, 0) is 0 Å². The lowest BCUT2D eigenvalue weighted by atomic mass is 10.1. The second kappa shape index (κ2) is 4.98. The Morgan fingerprint density at radius 2 is 1.60 bits per heavy atom. The van der Waals surface area contributed by atoms with E-state index < -0.39 is 0 Å².